The fourth-order valence-electron chi connectivity index (χ4n) is 4.97. The van der Waals surface area contributed by atoms with E-state index in [1.165, 1.54) is 18.3 Å². The molecule has 12 heteroatoms. The summed E-state index contributed by atoms with van der Waals surface area (Å²) in [5, 5.41) is 18.7. The first-order valence-corrected chi connectivity index (χ1v) is 13.8. The molecule has 0 aliphatic carbocycles. The van der Waals surface area contributed by atoms with E-state index in [-0.39, 0.29) is 23.6 Å². The number of non-ortho nitro benzene ring substituents is 1. The zero-order chi connectivity index (χ0) is 30.4. The molecule has 2 heterocycles. The Morgan fingerprint density at radius 2 is 1.76 bits per heavy atom. The van der Waals surface area contributed by atoms with Crippen molar-refractivity contribution in [2.24, 2.45) is 0 Å². The van der Waals surface area contributed by atoms with E-state index in [9.17, 15) is 19.7 Å². The molecule has 0 atom stereocenters. The van der Waals surface area contributed by atoms with Crippen molar-refractivity contribution in [3.63, 3.8) is 0 Å². The lowest BCUT2D eigenvalue weighted by Gasteiger charge is -2.34. The Morgan fingerprint density at radius 3 is 2.36 bits per heavy atom. The van der Waals surface area contributed by atoms with Crippen LogP contribution in [0.25, 0.3) is 5.69 Å². The van der Waals surface area contributed by atoms with Gasteiger partial charge in [-0.3, -0.25) is 14.9 Å². The van der Waals surface area contributed by atoms with Crippen LogP contribution in [0.3, 0.4) is 0 Å². The highest BCUT2D eigenvalue weighted by Gasteiger charge is 2.32. The summed E-state index contributed by atoms with van der Waals surface area (Å²) in [5.74, 6) is 0.997. The number of carbonyl (C=O) groups excluding carboxylic acids is 2. The van der Waals surface area contributed by atoms with Crippen molar-refractivity contribution < 1.29 is 28.7 Å². The van der Waals surface area contributed by atoms with Crippen molar-refractivity contribution in [2.45, 2.75) is 51.6 Å². The first kappa shape index (κ1) is 30.4. The maximum Gasteiger partial charge on any atom is 0.410 e. The van der Waals surface area contributed by atoms with E-state index < -0.39 is 10.5 Å². The molecular weight excluding hydrogens is 542 g/mol. The predicted octanol–water partition coefficient (Wildman–Crippen LogP) is 4.88. The fourth-order valence-corrected chi connectivity index (χ4v) is 4.97. The summed E-state index contributed by atoms with van der Waals surface area (Å²) in [6.45, 7) is 6.77. The number of benzene rings is 2. The number of piperidine rings is 1. The van der Waals surface area contributed by atoms with Gasteiger partial charge in [-0.05, 0) is 63.8 Å². The number of nitrogens with one attached hydrogen (secondary N) is 1. The maximum atomic E-state index is 13.5. The van der Waals surface area contributed by atoms with Gasteiger partial charge < -0.3 is 24.4 Å². The number of hydrogen-bond acceptors (Lipinski definition) is 8. The molecular formula is C30H37N5O7. The number of nitrogens with zero attached hydrogens (tertiary/aromatic N) is 4. The lowest BCUT2D eigenvalue weighted by Crippen LogP contribution is -2.41. The Bertz CT molecular complexity index is 1420. The van der Waals surface area contributed by atoms with Gasteiger partial charge in [0.15, 0.2) is 0 Å². The number of carbonyl (C=O) groups is 2. The number of likely N-dealkylation sites (tertiary alicyclic amines) is 1. The van der Waals surface area contributed by atoms with Gasteiger partial charge in [0.1, 0.15) is 17.1 Å². The molecule has 0 unspecified atom stereocenters. The van der Waals surface area contributed by atoms with Crippen LogP contribution in [0.2, 0.25) is 0 Å². The molecule has 42 heavy (non-hydrogen) atoms. The topological polar surface area (TPSA) is 138 Å². The summed E-state index contributed by atoms with van der Waals surface area (Å²) in [5.41, 5.74) is 2.02. The van der Waals surface area contributed by atoms with E-state index in [1.807, 2.05) is 32.9 Å². The molecule has 2 amide bonds. The minimum absolute atomic E-state index is 0.0370. The molecule has 12 nitrogen and oxygen atoms in total. The third kappa shape index (κ3) is 7.17. The molecule has 1 fully saturated rings. The second kappa shape index (κ2) is 12.9. The van der Waals surface area contributed by atoms with Gasteiger partial charge >= 0.3 is 6.09 Å². The monoisotopic (exact) mass is 579 g/mol. The van der Waals surface area contributed by atoms with Gasteiger partial charge in [0, 0.05) is 43.8 Å². The Kier molecular flexibility index (Phi) is 9.34. The molecule has 0 bridgehead atoms. The minimum atomic E-state index is -0.594. The molecule has 1 aliphatic rings. The van der Waals surface area contributed by atoms with E-state index in [0.717, 1.165) is 5.56 Å². The lowest BCUT2D eigenvalue weighted by atomic mass is 9.90. The highest BCUT2D eigenvalue weighted by molar-refractivity contribution is 5.95. The predicted molar refractivity (Wildman–Crippen MR) is 156 cm³/mol. The number of amides is 2. The number of ether oxygens (including phenoxy) is 3. The highest BCUT2D eigenvalue weighted by atomic mass is 16.6. The van der Waals surface area contributed by atoms with Crippen molar-refractivity contribution in [1.82, 2.24) is 20.0 Å². The number of rotatable bonds is 9. The van der Waals surface area contributed by atoms with E-state index in [1.54, 1.807) is 42.0 Å². The summed E-state index contributed by atoms with van der Waals surface area (Å²) >= 11 is 0. The molecule has 1 aromatic heterocycles. The molecule has 1 aliphatic heterocycles. The number of methoxy groups -OCH3 is 2. The zero-order valence-corrected chi connectivity index (χ0v) is 24.6. The van der Waals surface area contributed by atoms with Crippen LogP contribution in [0.1, 0.15) is 61.1 Å². The molecule has 0 radical (unpaired) electrons. The molecule has 2 aromatic carbocycles. The Morgan fingerprint density at radius 1 is 1.07 bits per heavy atom. The van der Waals surface area contributed by atoms with Crippen LogP contribution < -0.4 is 14.8 Å². The molecule has 4 rings (SSSR count). The van der Waals surface area contributed by atoms with Gasteiger partial charge in [0.05, 0.1) is 42.3 Å². The van der Waals surface area contributed by atoms with Gasteiger partial charge in [-0.1, -0.05) is 6.07 Å². The first-order chi connectivity index (χ1) is 20.0. The normalized spacial score (nSPS) is 13.9. The van der Waals surface area contributed by atoms with E-state index in [2.05, 4.69) is 10.4 Å². The SMILES string of the molecule is COc1ccc(CCNC(=O)c2cnn(-c3ccc([N+](=O)[O-])cc3)c2C2CCN(C(=O)OC(C)(C)C)CC2)c(OC)c1. The van der Waals surface area contributed by atoms with Gasteiger partial charge in [-0.25, -0.2) is 9.48 Å². The highest BCUT2D eigenvalue weighted by Crippen LogP contribution is 2.33. The molecule has 1 saturated heterocycles. The molecule has 1 N–H and O–H groups in total. The van der Waals surface area contributed by atoms with Crippen molar-refractivity contribution in [2.75, 3.05) is 33.9 Å². The Hall–Kier alpha value is -4.61. The van der Waals surface area contributed by atoms with Crippen molar-refractivity contribution in [3.8, 4) is 17.2 Å². The van der Waals surface area contributed by atoms with Crippen molar-refractivity contribution in [1.29, 1.82) is 0 Å². The average molecular weight is 580 g/mol. The van der Waals surface area contributed by atoms with Crippen molar-refractivity contribution in [3.05, 3.63) is 75.6 Å². The van der Waals surface area contributed by atoms with E-state index in [4.69, 9.17) is 14.2 Å². The number of nitro benzene ring substituents is 1. The third-order valence-electron chi connectivity index (χ3n) is 7.06. The Balaban J connectivity index is 1.54. The fraction of sp³-hybridized carbons (Fsp3) is 0.433. The van der Waals surface area contributed by atoms with Gasteiger partial charge in [0.25, 0.3) is 11.6 Å². The average Bonchev–Trinajstić information content (AvgIpc) is 3.42. The van der Waals surface area contributed by atoms with Crippen LogP contribution in [0.5, 0.6) is 11.5 Å². The van der Waals surface area contributed by atoms with Crippen LogP contribution in [0.15, 0.2) is 48.7 Å². The smallest absolute Gasteiger partial charge is 0.410 e. The first-order valence-electron chi connectivity index (χ1n) is 13.8. The quantitative estimate of drug-likeness (QED) is 0.280. The molecule has 3 aromatic rings. The summed E-state index contributed by atoms with van der Waals surface area (Å²) < 4.78 is 17.9. The van der Waals surface area contributed by atoms with Crippen LogP contribution in [-0.4, -0.2) is 71.1 Å². The van der Waals surface area contributed by atoms with E-state index in [0.29, 0.717) is 67.3 Å². The summed E-state index contributed by atoms with van der Waals surface area (Å²) in [7, 11) is 3.17. The van der Waals surface area contributed by atoms with Gasteiger partial charge in [-0.15, -0.1) is 0 Å². The zero-order valence-electron chi connectivity index (χ0n) is 24.6. The van der Waals surface area contributed by atoms with Crippen molar-refractivity contribution >= 4 is 17.7 Å². The van der Waals surface area contributed by atoms with Gasteiger partial charge in [0.2, 0.25) is 0 Å². The summed E-state index contributed by atoms with van der Waals surface area (Å²) in [4.78, 5) is 38.5. The Labute approximate surface area is 244 Å². The second-order valence-corrected chi connectivity index (χ2v) is 11.1. The minimum Gasteiger partial charge on any atom is -0.497 e. The third-order valence-corrected chi connectivity index (χ3v) is 7.06. The molecule has 0 spiro atoms. The van der Waals surface area contributed by atoms with Crippen LogP contribution >= 0.6 is 0 Å². The lowest BCUT2D eigenvalue weighted by molar-refractivity contribution is -0.384. The second-order valence-electron chi connectivity index (χ2n) is 11.1. The summed E-state index contributed by atoms with van der Waals surface area (Å²) in [6.07, 6.45) is 2.90. The number of hydrogen-bond donors (Lipinski definition) is 1. The van der Waals surface area contributed by atoms with Crippen LogP contribution in [0.4, 0.5) is 10.5 Å². The van der Waals surface area contributed by atoms with Crippen LogP contribution in [0, 0.1) is 10.1 Å². The standard InChI is InChI=1S/C30H37N5O7/c1-30(2,3)42-29(37)33-16-13-21(14-17-33)27-25(19-32-34(27)22-7-9-23(10-8-22)35(38)39)28(36)31-15-12-20-6-11-24(40-4)18-26(20)41-5/h6-11,18-19,21H,12-17H2,1-5H3,(H,31,36). The van der Waals surface area contributed by atoms with Crippen LogP contribution in [-0.2, 0) is 11.2 Å². The maximum absolute atomic E-state index is 13.5. The number of aromatic nitrogens is 2. The van der Waals surface area contributed by atoms with Gasteiger partial charge in [-0.2, -0.15) is 5.10 Å². The molecule has 224 valence electrons. The van der Waals surface area contributed by atoms with E-state index >= 15 is 0 Å². The molecule has 0 saturated carbocycles. The largest absolute Gasteiger partial charge is 0.497 e. The number of nitro groups is 1. The summed E-state index contributed by atoms with van der Waals surface area (Å²) in [6, 6.07) is 11.6.